The van der Waals surface area contributed by atoms with E-state index in [-0.39, 0.29) is 25.3 Å². The normalized spacial score (nSPS) is 16.3. The van der Waals surface area contributed by atoms with Crippen LogP contribution >= 0.6 is 0 Å². The molecule has 1 heterocycles. The molecule has 3 rings (SSSR count). The lowest BCUT2D eigenvalue weighted by Crippen LogP contribution is -2.22. The van der Waals surface area contributed by atoms with Gasteiger partial charge < -0.3 is 14.2 Å². The Kier molecular flexibility index (Phi) is 5.33. The van der Waals surface area contributed by atoms with Crippen molar-refractivity contribution in [1.29, 1.82) is 0 Å². The summed E-state index contributed by atoms with van der Waals surface area (Å²) >= 11 is 0. The summed E-state index contributed by atoms with van der Waals surface area (Å²) in [6.45, 7) is 4.39. The number of aliphatic imine (C=N–C) groups is 1. The lowest BCUT2D eigenvalue weighted by molar-refractivity contribution is -0.146. The van der Waals surface area contributed by atoms with Gasteiger partial charge in [-0.05, 0) is 43.7 Å². The minimum atomic E-state index is -0.620. The zero-order chi connectivity index (χ0) is 17.6. The molecule has 0 saturated heterocycles. The molecule has 1 aliphatic heterocycles. The summed E-state index contributed by atoms with van der Waals surface area (Å²) in [6, 6.07) is 16.4. The van der Waals surface area contributed by atoms with Crippen molar-refractivity contribution in [3.8, 4) is 5.75 Å². The van der Waals surface area contributed by atoms with Gasteiger partial charge in [-0.1, -0.05) is 30.3 Å². The third kappa shape index (κ3) is 4.59. The van der Waals surface area contributed by atoms with Crippen LogP contribution in [0, 0.1) is 0 Å². The first-order valence-electron chi connectivity index (χ1n) is 8.30. The Balaban J connectivity index is 1.58. The topological polar surface area (TPSA) is 57.1 Å². The van der Waals surface area contributed by atoms with Gasteiger partial charge in [0.25, 0.3) is 0 Å². The predicted molar refractivity (Wildman–Crippen MR) is 94.7 cm³/mol. The molecule has 5 heteroatoms. The van der Waals surface area contributed by atoms with Gasteiger partial charge in [0.15, 0.2) is 6.04 Å². The second-order valence-corrected chi connectivity index (χ2v) is 6.05. The average molecular weight is 339 g/mol. The molecular weight excluding hydrogens is 318 g/mol. The number of rotatable bonds is 6. The standard InChI is InChI=1S/C20H21NO4/c1-14(2)25-17-10-8-16(9-11-17)19-21-18(13-23-19)20(22)24-12-15-6-4-3-5-7-15/h3-11,14,18H,12-13H2,1-2H3/t18-/m0/s1. The van der Waals surface area contributed by atoms with Gasteiger partial charge in [-0.25, -0.2) is 9.79 Å². The van der Waals surface area contributed by atoms with Crippen molar-refractivity contribution in [1.82, 2.24) is 0 Å². The Bertz CT molecular complexity index is 738. The summed E-state index contributed by atoms with van der Waals surface area (Å²) in [5, 5.41) is 0. The molecule has 0 amide bonds. The molecule has 0 saturated carbocycles. The van der Waals surface area contributed by atoms with Gasteiger partial charge in [-0.15, -0.1) is 0 Å². The highest BCUT2D eigenvalue weighted by Gasteiger charge is 2.28. The molecule has 0 unspecified atom stereocenters. The van der Waals surface area contributed by atoms with Crippen LogP contribution in [0.25, 0.3) is 0 Å². The number of ether oxygens (including phenoxy) is 3. The van der Waals surface area contributed by atoms with E-state index in [0.29, 0.717) is 5.90 Å². The Morgan fingerprint density at radius 3 is 2.56 bits per heavy atom. The molecule has 0 fully saturated rings. The summed E-state index contributed by atoms with van der Waals surface area (Å²) < 4.78 is 16.5. The van der Waals surface area contributed by atoms with Crippen molar-refractivity contribution in [3.05, 3.63) is 65.7 Å². The van der Waals surface area contributed by atoms with E-state index < -0.39 is 6.04 Å². The van der Waals surface area contributed by atoms with Gasteiger partial charge in [0, 0.05) is 5.56 Å². The molecule has 2 aromatic carbocycles. The van der Waals surface area contributed by atoms with E-state index in [1.165, 1.54) is 0 Å². The molecule has 0 spiro atoms. The van der Waals surface area contributed by atoms with Gasteiger partial charge in [-0.2, -0.15) is 0 Å². The van der Waals surface area contributed by atoms with Crippen molar-refractivity contribution in [2.75, 3.05) is 6.61 Å². The number of hydrogen-bond donors (Lipinski definition) is 0. The maximum Gasteiger partial charge on any atom is 0.334 e. The molecule has 1 atom stereocenters. The highest BCUT2D eigenvalue weighted by Crippen LogP contribution is 2.18. The molecule has 130 valence electrons. The maximum atomic E-state index is 12.1. The van der Waals surface area contributed by atoms with Crippen LogP contribution in [0.4, 0.5) is 0 Å². The predicted octanol–water partition coefficient (Wildman–Crippen LogP) is 3.36. The Labute approximate surface area is 147 Å². The third-order valence-corrected chi connectivity index (χ3v) is 3.62. The Morgan fingerprint density at radius 2 is 1.88 bits per heavy atom. The first-order valence-corrected chi connectivity index (χ1v) is 8.30. The summed E-state index contributed by atoms with van der Waals surface area (Å²) in [7, 11) is 0. The Morgan fingerprint density at radius 1 is 1.16 bits per heavy atom. The smallest absolute Gasteiger partial charge is 0.334 e. The molecular formula is C20H21NO4. The van der Waals surface area contributed by atoms with Crippen molar-refractivity contribution < 1.29 is 19.0 Å². The Hall–Kier alpha value is -2.82. The van der Waals surface area contributed by atoms with Crippen LogP contribution < -0.4 is 4.74 Å². The fraction of sp³-hybridized carbons (Fsp3) is 0.300. The van der Waals surface area contributed by atoms with E-state index in [9.17, 15) is 4.79 Å². The van der Waals surface area contributed by atoms with Gasteiger partial charge in [0.05, 0.1) is 6.10 Å². The molecule has 0 N–H and O–H groups in total. The molecule has 1 aliphatic rings. The van der Waals surface area contributed by atoms with Gasteiger partial charge >= 0.3 is 5.97 Å². The van der Waals surface area contributed by atoms with Gasteiger partial charge in [0.2, 0.25) is 5.90 Å². The molecule has 0 aromatic heterocycles. The van der Waals surface area contributed by atoms with Crippen molar-refractivity contribution in [2.45, 2.75) is 32.6 Å². The molecule has 0 bridgehead atoms. The summed E-state index contributed by atoms with van der Waals surface area (Å²) in [6.07, 6.45) is 0.120. The van der Waals surface area contributed by atoms with Crippen LogP contribution in [-0.2, 0) is 20.9 Å². The van der Waals surface area contributed by atoms with Crippen LogP contribution in [-0.4, -0.2) is 30.6 Å². The SMILES string of the molecule is CC(C)Oc1ccc(C2=N[C@H](C(=O)OCc3ccccc3)CO2)cc1. The quantitative estimate of drug-likeness (QED) is 0.757. The van der Waals surface area contributed by atoms with Crippen LogP contribution in [0.2, 0.25) is 0 Å². The van der Waals surface area contributed by atoms with E-state index in [1.807, 2.05) is 68.4 Å². The van der Waals surface area contributed by atoms with Crippen LogP contribution in [0.15, 0.2) is 59.6 Å². The zero-order valence-electron chi connectivity index (χ0n) is 14.3. The van der Waals surface area contributed by atoms with E-state index in [1.54, 1.807) is 0 Å². The maximum absolute atomic E-state index is 12.1. The minimum Gasteiger partial charge on any atom is -0.491 e. The lowest BCUT2D eigenvalue weighted by Gasteiger charge is -2.09. The average Bonchev–Trinajstić information content (AvgIpc) is 3.11. The third-order valence-electron chi connectivity index (χ3n) is 3.62. The van der Waals surface area contributed by atoms with Crippen LogP contribution in [0.1, 0.15) is 25.0 Å². The number of nitrogens with zero attached hydrogens (tertiary/aromatic N) is 1. The number of carbonyl (C=O) groups excluding carboxylic acids is 1. The molecule has 25 heavy (non-hydrogen) atoms. The van der Waals surface area contributed by atoms with Crippen LogP contribution in [0.5, 0.6) is 5.75 Å². The number of carbonyl (C=O) groups is 1. The van der Waals surface area contributed by atoms with E-state index in [0.717, 1.165) is 16.9 Å². The van der Waals surface area contributed by atoms with Gasteiger partial charge in [-0.3, -0.25) is 0 Å². The fourth-order valence-corrected chi connectivity index (χ4v) is 2.43. The highest BCUT2D eigenvalue weighted by molar-refractivity contribution is 5.97. The summed E-state index contributed by atoms with van der Waals surface area (Å²) in [5.74, 6) is 0.868. The largest absolute Gasteiger partial charge is 0.491 e. The zero-order valence-corrected chi connectivity index (χ0v) is 14.3. The number of hydrogen-bond acceptors (Lipinski definition) is 5. The second kappa shape index (κ2) is 7.83. The lowest BCUT2D eigenvalue weighted by atomic mass is 10.2. The first-order chi connectivity index (χ1) is 12.1. The minimum absolute atomic E-state index is 0.120. The molecule has 2 aromatic rings. The highest BCUT2D eigenvalue weighted by atomic mass is 16.5. The van der Waals surface area contributed by atoms with Crippen molar-refractivity contribution in [3.63, 3.8) is 0 Å². The number of benzene rings is 2. The second-order valence-electron chi connectivity index (χ2n) is 6.05. The van der Waals surface area contributed by atoms with E-state index in [2.05, 4.69) is 4.99 Å². The van der Waals surface area contributed by atoms with E-state index >= 15 is 0 Å². The summed E-state index contributed by atoms with van der Waals surface area (Å²) in [5.41, 5.74) is 1.76. The first kappa shape index (κ1) is 17.0. The van der Waals surface area contributed by atoms with E-state index in [4.69, 9.17) is 14.2 Å². The summed E-state index contributed by atoms with van der Waals surface area (Å²) in [4.78, 5) is 16.5. The number of esters is 1. The molecule has 0 radical (unpaired) electrons. The molecule has 0 aliphatic carbocycles. The monoisotopic (exact) mass is 339 g/mol. The van der Waals surface area contributed by atoms with Gasteiger partial charge in [0.1, 0.15) is 19.0 Å². The van der Waals surface area contributed by atoms with Crippen LogP contribution in [0.3, 0.4) is 0 Å². The van der Waals surface area contributed by atoms with Crippen molar-refractivity contribution >= 4 is 11.9 Å². The fourth-order valence-electron chi connectivity index (χ4n) is 2.43. The molecule has 5 nitrogen and oxygen atoms in total. The van der Waals surface area contributed by atoms with Crippen molar-refractivity contribution in [2.24, 2.45) is 4.99 Å².